The molecule has 0 spiro atoms. The number of carbonyl (C=O) groups is 2. The van der Waals surface area contributed by atoms with Gasteiger partial charge in [0, 0.05) is 0 Å². The van der Waals surface area contributed by atoms with Gasteiger partial charge in [0.2, 0.25) is 6.79 Å². The molecule has 1 aliphatic rings. The largest absolute Gasteiger partial charge is 0.454 e. The zero-order chi connectivity index (χ0) is 20.8. The molecule has 1 aliphatic heterocycles. The number of esters is 1. The highest BCUT2D eigenvalue weighted by Gasteiger charge is 2.19. The molecule has 3 aromatic carbocycles. The molecule has 1 unspecified atom stereocenters. The van der Waals surface area contributed by atoms with Crippen LogP contribution in [0.15, 0.2) is 78.9 Å². The molecule has 30 heavy (non-hydrogen) atoms. The van der Waals surface area contributed by atoms with E-state index in [-0.39, 0.29) is 25.3 Å². The third kappa shape index (κ3) is 4.78. The van der Waals surface area contributed by atoms with Gasteiger partial charge in [0.1, 0.15) is 0 Å². The van der Waals surface area contributed by atoms with E-state index in [9.17, 15) is 9.59 Å². The molecule has 1 amide bonds. The highest BCUT2D eigenvalue weighted by molar-refractivity contribution is 5.92. The molecule has 0 saturated carbocycles. The van der Waals surface area contributed by atoms with Crippen molar-refractivity contribution in [1.29, 1.82) is 0 Å². The van der Waals surface area contributed by atoms with Crippen molar-refractivity contribution in [3.8, 4) is 11.5 Å². The minimum absolute atomic E-state index is 0.124. The van der Waals surface area contributed by atoms with Crippen LogP contribution in [0.4, 0.5) is 0 Å². The predicted molar refractivity (Wildman–Crippen MR) is 110 cm³/mol. The van der Waals surface area contributed by atoms with Crippen molar-refractivity contribution in [3.63, 3.8) is 0 Å². The lowest BCUT2D eigenvalue weighted by Gasteiger charge is -2.19. The molecule has 3 aromatic rings. The number of rotatable bonds is 7. The second-order valence-electron chi connectivity index (χ2n) is 6.86. The van der Waals surface area contributed by atoms with Crippen LogP contribution in [-0.4, -0.2) is 25.3 Å². The van der Waals surface area contributed by atoms with Crippen LogP contribution in [0, 0.1) is 0 Å². The van der Waals surface area contributed by atoms with Crippen LogP contribution in [0.5, 0.6) is 11.5 Å². The van der Waals surface area contributed by atoms with Crippen molar-refractivity contribution in [2.45, 2.75) is 12.5 Å². The summed E-state index contributed by atoms with van der Waals surface area (Å²) in [7, 11) is 0. The van der Waals surface area contributed by atoms with Crippen molar-refractivity contribution < 1.29 is 23.8 Å². The maximum absolute atomic E-state index is 12.5. The van der Waals surface area contributed by atoms with Crippen LogP contribution in [0.25, 0.3) is 0 Å². The molecule has 0 radical (unpaired) electrons. The highest BCUT2D eigenvalue weighted by Crippen LogP contribution is 2.32. The standard InChI is InChI=1S/C24H21NO5/c26-23(15-28-24(27)19-11-12-21-22(14-19)30-16-29-21)25-20(18-9-5-2-6-10-18)13-17-7-3-1-4-8-17/h1-12,14,20H,13,15-16H2,(H,25,26). The summed E-state index contributed by atoms with van der Waals surface area (Å²) >= 11 is 0. The Labute approximate surface area is 174 Å². The Morgan fingerprint density at radius 1 is 0.900 bits per heavy atom. The molecule has 4 rings (SSSR count). The van der Waals surface area contributed by atoms with Crippen LogP contribution in [0.3, 0.4) is 0 Å². The first-order chi connectivity index (χ1) is 14.7. The molecule has 1 N–H and O–H groups in total. The summed E-state index contributed by atoms with van der Waals surface area (Å²) in [4.78, 5) is 24.8. The van der Waals surface area contributed by atoms with E-state index in [4.69, 9.17) is 14.2 Å². The predicted octanol–water partition coefficient (Wildman–Crippen LogP) is 3.67. The monoisotopic (exact) mass is 403 g/mol. The van der Waals surface area contributed by atoms with Gasteiger partial charge in [-0.05, 0) is 35.7 Å². The van der Waals surface area contributed by atoms with E-state index in [0.717, 1.165) is 11.1 Å². The maximum atomic E-state index is 12.5. The smallest absolute Gasteiger partial charge is 0.338 e. The summed E-state index contributed by atoms with van der Waals surface area (Å²) in [6.45, 7) is -0.246. The summed E-state index contributed by atoms with van der Waals surface area (Å²) in [6, 6.07) is 24.2. The molecule has 152 valence electrons. The molecule has 0 fully saturated rings. The van der Waals surface area contributed by atoms with E-state index < -0.39 is 5.97 Å². The third-order valence-electron chi connectivity index (χ3n) is 4.76. The Bertz CT molecular complexity index is 1020. The minimum atomic E-state index is -0.595. The summed E-state index contributed by atoms with van der Waals surface area (Å²) in [6.07, 6.45) is 0.632. The van der Waals surface area contributed by atoms with E-state index in [2.05, 4.69) is 5.32 Å². The topological polar surface area (TPSA) is 73.9 Å². The molecule has 0 saturated heterocycles. The maximum Gasteiger partial charge on any atom is 0.338 e. The van der Waals surface area contributed by atoms with Gasteiger partial charge in [0.05, 0.1) is 11.6 Å². The third-order valence-corrected chi connectivity index (χ3v) is 4.76. The molecule has 1 atom stereocenters. The Morgan fingerprint density at radius 3 is 2.37 bits per heavy atom. The first kappa shape index (κ1) is 19.5. The summed E-state index contributed by atoms with van der Waals surface area (Å²) < 4.78 is 15.7. The van der Waals surface area contributed by atoms with Crippen molar-refractivity contribution in [1.82, 2.24) is 5.32 Å². The van der Waals surface area contributed by atoms with Gasteiger partial charge in [0.25, 0.3) is 5.91 Å². The van der Waals surface area contributed by atoms with Crippen molar-refractivity contribution in [2.24, 2.45) is 0 Å². The zero-order valence-corrected chi connectivity index (χ0v) is 16.2. The molecule has 6 nitrogen and oxygen atoms in total. The van der Waals surface area contributed by atoms with Crippen LogP contribution in [0.1, 0.15) is 27.5 Å². The Morgan fingerprint density at radius 2 is 1.60 bits per heavy atom. The Hall–Kier alpha value is -3.80. The number of hydrogen-bond donors (Lipinski definition) is 1. The average Bonchev–Trinajstić information content (AvgIpc) is 3.26. The second kappa shape index (κ2) is 9.13. The quantitative estimate of drug-likeness (QED) is 0.610. The van der Waals surface area contributed by atoms with E-state index in [1.807, 2.05) is 60.7 Å². The van der Waals surface area contributed by atoms with Crippen LogP contribution in [0.2, 0.25) is 0 Å². The molecular formula is C24H21NO5. The van der Waals surface area contributed by atoms with E-state index >= 15 is 0 Å². The number of carbonyl (C=O) groups excluding carboxylic acids is 2. The molecule has 1 heterocycles. The van der Waals surface area contributed by atoms with Crippen LogP contribution < -0.4 is 14.8 Å². The van der Waals surface area contributed by atoms with Crippen molar-refractivity contribution in [3.05, 3.63) is 95.6 Å². The lowest BCUT2D eigenvalue weighted by Crippen LogP contribution is -2.33. The van der Waals surface area contributed by atoms with Gasteiger partial charge < -0.3 is 19.5 Å². The van der Waals surface area contributed by atoms with Gasteiger partial charge in [-0.25, -0.2) is 4.79 Å². The first-order valence-corrected chi connectivity index (χ1v) is 9.64. The first-order valence-electron chi connectivity index (χ1n) is 9.64. The van der Waals surface area contributed by atoms with Gasteiger partial charge >= 0.3 is 5.97 Å². The van der Waals surface area contributed by atoms with Gasteiger partial charge in [-0.15, -0.1) is 0 Å². The lowest BCUT2D eigenvalue weighted by molar-refractivity contribution is -0.125. The van der Waals surface area contributed by atoms with Gasteiger partial charge in [-0.1, -0.05) is 60.7 Å². The molecule has 6 heteroatoms. The van der Waals surface area contributed by atoms with Gasteiger partial charge in [-0.3, -0.25) is 4.79 Å². The summed E-state index contributed by atoms with van der Waals surface area (Å²) in [5.74, 6) is 0.105. The van der Waals surface area contributed by atoms with Crippen molar-refractivity contribution in [2.75, 3.05) is 13.4 Å². The van der Waals surface area contributed by atoms with Gasteiger partial charge in [-0.2, -0.15) is 0 Å². The average molecular weight is 403 g/mol. The normalized spacial score (nSPS) is 12.8. The molecular weight excluding hydrogens is 382 g/mol. The van der Waals surface area contributed by atoms with E-state index in [1.54, 1.807) is 18.2 Å². The minimum Gasteiger partial charge on any atom is -0.454 e. The van der Waals surface area contributed by atoms with Crippen molar-refractivity contribution >= 4 is 11.9 Å². The lowest BCUT2D eigenvalue weighted by atomic mass is 9.99. The number of fused-ring (bicyclic) bond motifs is 1. The highest BCUT2D eigenvalue weighted by atomic mass is 16.7. The number of benzene rings is 3. The fourth-order valence-electron chi connectivity index (χ4n) is 3.26. The van der Waals surface area contributed by atoms with Crippen LogP contribution in [-0.2, 0) is 16.0 Å². The number of ether oxygens (including phenoxy) is 3. The summed E-state index contributed by atoms with van der Waals surface area (Å²) in [5, 5.41) is 2.97. The van der Waals surface area contributed by atoms with E-state index in [0.29, 0.717) is 23.5 Å². The van der Waals surface area contributed by atoms with Crippen LogP contribution >= 0.6 is 0 Å². The van der Waals surface area contributed by atoms with Gasteiger partial charge in [0.15, 0.2) is 18.1 Å². The Balaban J connectivity index is 1.38. The summed E-state index contributed by atoms with van der Waals surface area (Å²) in [5.41, 5.74) is 2.39. The Kier molecular flexibility index (Phi) is 5.94. The number of amides is 1. The number of hydrogen-bond acceptors (Lipinski definition) is 5. The fourth-order valence-corrected chi connectivity index (χ4v) is 3.26. The fraction of sp³-hybridized carbons (Fsp3) is 0.167. The zero-order valence-electron chi connectivity index (χ0n) is 16.2. The molecule has 0 aliphatic carbocycles. The SMILES string of the molecule is O=C(COC(=O)c1ccc2c(c1)OCO2)NC(Cc1ccccc1)c1ccccc1. The van der Waals surface area contributed by atoms with E-state index in [1.165, 1.54) is 0 Å². The number of nitrogens with one attached hydrogen (secondary N) is 1. The molecule has 0 bridgehead atoms. The second-order valence-corrected chi connectivity index (χ2v) is 6.86. The molecule has 0 aromatic heterocycles.